The Balaban J connectivity index is 3.05. The van der Waals surface area contributed by atoms with Crippen molar-refractivity contribution in [3.05, 3.63) is 28.0 Å². The minimum absolute atomic E-state index is 0.414. The molecule has 0 aliphatic heterocycles. The standard InChI is InChI=1S/C9H10O2S/c1-6(7(2)9(10)11)8-4-3-5-12-8/h3-5H,1-2H3,(H,10,11). The van der Waals surface area contributed by atoms with Crippen molar-refractivity contribution >= 4 is 22.9 Å². The molecule has 0 aliphatic rings. The van der Waals surface area contributed by atoms with Crippen LogP contribution in [0.25, 0.3) is 5.57 Å². The molecule has 0 atom stereocenters. The zero-order chi connectivity index (χ0) is 9.14. The quantitative estimate of drug-likeness (QED) is 0.714. The summed E-state index contributed by atoms with van der Waals surface area (Å²) in [5.74, 6) is -0.846. The van der Waals surface area contributed by atoms with Crippen LogP contribution in [0.4, 0.5) is 0 Å². The van der Waals surface area contributed by atoms with Gasteiger partial charge >= 0.3 is 5.97 Å². The minimum Gasteiger partial charge on any atom is -0.478 e. The van der Waals surface area contributed by atoms with Gasteiger partial charge in [-0.15, -0.1) is 11.3 Å². The number of thiophene rings is 1. The number of rotatable bonds is 2. The van der Waals surface area contributed by atoms with Gasteiger partial charge in [0, 0.05) is 10.5 Å². The Morgan fingerprint density at radius 2 is 2.17 bits per heavy atom. The molecule has 0 spiro atoms. The molecule has 0 bridgehead atoms. The van der Waals surface area contributed by atoms with E-state index in [4.69, 9.17) is 5.11 Å². The first-order chi connectivity index (χ1) is 5.63. The van der Waals surface area contributed by atoms with E-state index in [0.29, 0.717) is 5.57 Å². The zero-order valence-electron chi connectivity index (χ0n) is 7.00. The van der Waals surface area contributed by atoms with Crippen molar-refractivity contribution in [3.63, 3.8) is 0 Å². The largest absolute Gasteiger partial charge is 0.478 e. The van der Waals surface area contributed by atoms with E-state index in [9.17, 15) is 4.79 Å². The molecule has 0 fully saturated rings. The van der Waals surface area contributed by atoms with Crippen molar-refractivity contribution in [2.45, 2.75) is 13.8 Å². The van der Waals surface area contributed by atoms with E-state index >= 15 is 0 Å². The Labute approximate surface area is 75.2 Å². The van der Waals surface area contributed by atoms with Gasteiger partial charge in [0.2, 0.25) is 0 Å². The number of allylic oxidation sites excluding steroid dienone is 1. The van der Waals surface area contributed by atoms with E-state index in [1.165, 1.54) is 0 Å². The molecular weight excluding hydrogens is 172 g/mol. The highest BCUT2D eigenvalue weighted by molar-refractivity contribution is 7.11. The van der Waals surface area contributed by atoms with E-state index in [2.05, 4.69) is 0 Å². The Kier molecular flexibility index (Phi) is 2.65. The van der Waals surface area contributed by atoms with Gasteiger partial charge in [-0.2, -0.15) is 0 Å². The first-order valence-corrected chi connectivity index (χ1v) is 4.45. The van der Waals surface area contributed by atoms with Gasteiger partial charge in [-0.3, -0.25) is 0 Å². The van der Waals surface area contributed by atoms with Crippen LogP contribution in [-0.4, -0.2) is 11.1 Å². The van der Waals surface area contributed by atoms with Crippen LogP contribution in [0.5, 0.6) is 0 Å². The minimum atomic E-state index is -0.846. The van der Waals surface area contributed by atoms with Crippen LogP contribution in [0, 0.1) is 0 Å². The molecule has 1 aromatic rings. The predicted octanol–water partition coefficient (Wildman–Crippen LogP) is 2.63. The first kappa shape index (κ1) is 9.00. The van der Waals surface area contributed by atoms with E-state index < -0.39 is 5.97 Å². The lowest BCUT2D eigenvalue weighted by atomic mass is 10.1. The summed E-state index contributed by atoms with van der Waals surface area (Å²) < 4.78 is 0. The summed E-state index contributed by atoms with van der Waals surface area (Å²) in [5.41, 5.74) is 1.26. The number of hydrogen-bond donors (Lipinski definition) is 1. The molecule has 0 amide bonds. The molecule has 1 N–H and O–H groups in total. The second-order valence-electron chi connectivity index (χ2n) is 2.53. The average molecular weight is 182 g/mol. The van der Waals surface area contributed by atoms with Crippen LogP contribution in [-0.2, 0) is 4.79 Å². The number of aliphatic carboxylic acids is 1. The van der Waals surface area contributed by atoms with Gasteiger partial charge in [0.25, 0.3) is 0 Å². The summed E-state index contributed by atoms with van der Waals surface area (Å²) in [6.07, 6.45) is 0. The predicted molar refractivity (Wildman–Crippen MR) is 50.2 cm³/mol. The van der Waals surface area contributed by atoms with Crippen LogP contribution >= 0.6 is 11.3 Å². The maximum absolute atomic E-state index is 10.6. The van der Waals surface area contributed by atoms with Crippen molar-refractivity contribution in [1.29, 1.82) is 0 Å². The summed E-state index contributed by atoms with van der Waals surface area (Å²) in [4.78, 5) is 11.6. The summed E-state index contributed by atoms with van der Waals surface area (Å²) in [6.45, 7) is 3.45. The lowest BCUT2D eigenvalue weighted by molar-refractivity contribution is -0.132. The van der Waals surface area contributed by atoms with Crippen molar-refractivity contribution in [2.75, 3.05) is 0 Å². The third-order valence-electron chi connectivity index (χ3n) is 1.77. The normalized spacial score (nSPS) is 12.5. The Morgan fingerprint density at radius 1 is 1.50 bits per heavy atom. The SMILES string of the molecule is CC(C(=O)O)=C(C)c1cccs1. The third-order valence-corrected chi connectivity index (χ3v) is 2.76. The molecule has 0 aliphatic carbocycles. The lowest BCUT2D eigenvalue weighted by Gasteiger charge is -1.99. The maximum atomic E-state index is 10.6. The lowest BCUT2D eigenvalue weighted by Crippen LogP contribution is -1.98. The molecular formula is C9H10O2S. The first-order valence-electron chi connectivity index (χ1n) is 3.57. The van der Waals surface area contributed by atoms with Crippen LogP contribution in [0.1, 0.15) is 18.7 Å². The fraction of sp³-hybridized carbons (Fsp3) is 0.222. The molecule has 1 aromatic heterocycles. The van der Waals surface area contributed by atoms with Crippen LogP contribution in [0.2, 0.25) is 0 Å². The van der Waals surface area contributed by atoms with Gasteiger partial charge in [0.15, 0.2) is 0 Å². The molecule has 0 radical (unpaired) electrons. The number of hydrogen-bond acceptors (Lipinski definition) is 2. The van der Waals surface area contributed by atoms with Gasteiger partial charge < -0.3 is 5.11 Å². The van der Waals surface area contributed by atoms with E-state index in [1.54, 1.807) is 18.3 Å². The molecule has 64 valence electrons. The fourth-order valence-corrected chi connectivity index (χ4v) is 1.63. The molecule has 1 heterocycles. The molecule has 12 heavy (non-hydrogen) atoms. The van der Waals surface area contributed by atoms with E-state index in [0.717, 1.165) is 10.5 Å². The molecule has 0 saturated carbocycles. The molecule has 0 aromatic carbocycles. The monoisotopic (exact) mass is 182 g/mol. The number of carbonyl (C=O) groups is 1. The maximum Gasteiger partial charge on any atom is 0.331 e. The van der Waals surface area contributed by atoms with Crippen molar-refractivity contribution in [1.82, 2.24) is 0 Å². The van der Waals surface area contributed by atoms with Gasteiger partial charge in [-0.05, 0) is 30.9 Å². The highest BCUT2D eigenvalue weighted by Gasteiger charge is 2.06. The Hall–Kier alpha value is -1.09. The molecule has 3 heteroatoms. The molecule has 2 nitrogen and oxygen atoms in total. The Morgan fingerprint density at radius 3 is 2.58 bits per heavy atom. The van der Waals surface area contributed by atoms with E-state index in [-0.39, 0.29) is 0 Å². The van der Waals surface area contributed by atoms with Crippen molar-refractivity contribution < 1.29 is 9.90 Å². The van der Waals surface area contributed by atoms with Crippen LogP contribution in [0.3, 0.4) is 0 Å². The zero-order valence-corrected chi connectivity index (χ0v) is 7.81. The molecule has 0 unspecified atom stereocenters. The number of carboxylic acid groups (broad SMARTS) is 1. The van der Waals surface area contributed by atoms with Crippen LogP contribution < -0.4 is 0 Å². The smallest absolute Gasteiger partial charge is 0.331 e. The van der Waals surface area contributed by atoms with Gasteiger partial charge in [-0.25, -0.2) is 4.79 Å². The highest BCUT2D eigenvalue weighted by Crippen LogP contribution is 2.22. The highest BCUT2D eigenvalue weighted by atomic mass is 32.1. The summed E-state index contributed by atoms with van der Waals surface area (Å²) in [7, 11) is 0. The van der Waals surface area contributed by atoms with Crippen molar-refractivity contribution in [2.24, 2.45) is 0 Å². The molecule has 1 rings (SSSR count). The number of carboxylic acids is 1. The van der Waals surface area contributed by atoms with Gasteiger partial charge in [0.1, 0.15) is 0 Å². The van der Waals surface area contributed by atoms with Crippen molar-refractivity contribution in [3.8, 4) is 0 Å². The summed E-state index contributed by atoms with van der Waals surface area (Å²) in [5, 5.41) is 10.6. The van der Waals surface area contributed by atoms with E-state index in [1.807, 2.05) is 24.4 Å². The average Bonchev–Trinajstić information content (AvgIpc) is 2.53. The Bertz CT molecular complexity index is 309. The third kappa shape index (κ3) is 1.74. The second-order valence-corrected chi connectivity index (χ2v) is 3.48. The van der Waals surface area contributed by atoms with Gasteiger partial charge in [0.05, 0.1) is 0 Å². The summed E-state index contributed by atoms with van der Waals surface area (Å²) >= 11 is 1.56. The van der Waals surface area contributed by atoms with Crippen LogP contribution in [0.15, 0.2) is 23.1 Å². The second kappa shape index (κ2) is 3.54. The van der Waals surface area contributed by atoms with Gasteiger partial charge in [-0.1, -0.05) is 6.07 Å². The fourth-order valence-electron chi connectivity index (χ4n) is 0.837. The summed E-state index contributed by atoms with van der Waals surface area (Å²) in [6, 6.07) is 3.84. The molecule has 0 saturated heterocycles. The topological polar surface area (TPSA) is 37.3 Å².